The Morgan fingerprint density at radius 2 is 1.78 bits per heavy atom. The molecule has 200 valence electrons. The minimum Gasteiger partial charge on any atom is -0.355 e. The van der Waals surface area contributed by atoms with Gasteiger partial charge in [0.2, 0.25) is 10.0 Å². The van der Waals surface area contributed by atoms with Crippen molar-refractivity contribution in [3.8, 4) is 0 Å². The van der Waals surface area contributed by atoms with Crippen molar-refractivity contribution in [3.63, 3.8) is 0 Å². The molecule has 2 unspecified atom stereocenters. The maximum atomic E-state index is 13.7. The van der Waals surface area contributed by atoms with Crippen LogP contribution in [0.15, 0.2) is 24.3 Å². The van der Waals surface area contributed by atoms with E-state index < -0.39 is 15.4 Å². The first-order chi connectivity index (χ1) is 17.4. The zero-order valence-electron chi connectivity index (χ0n) is 22.3. The number of carbonyl (C=O) groups excluding carboxylic acids is 1. The number of Topliss-reactive ketones (excluding diaryl/α,β-unsaturated/α-hetero) is 1. The minimum absolute atomic E-state index is 0.0596. The van der Waals surface area contributed by atoms with E-state index in [0.717, 1.165) is 29.1 Å². The van der Waals surface area contributed by atoms with Gasteiger partial charge in [-0.05, 0) is 62.1 Å². The van der Waals surface area contributed by atoms with Gasteiger partial charge in [-0.3, -0.25) is 4.79 Å². The minimum atomic E-state index is -3.58. The topological polar surface area (TPSA) is 83.5 Å². The van der Waals surface area contributed by atoms with Crippen molar-refractivity contribution in [2.45, 2.75) is 59.8 Å². The van der Waals surface area contributed by atoms with Gasteiger partial charge in [-0.2, -0.15) is 0 Å². The van der Waals surface area contributed by atoms with Gasteiger partial charge < -0.3 is 4.90 Å². The summed E-state index contributed by atoms with van der Waals surface area (Å²) in [6.07, 6.45) is 3.55. The normalized spacial score (nSPS) is 26.0. The number of hydrogen-bond acceptors (Lipinski definition) is 6. The second kappa shape index (κ2) is 9.62. The van der Waals surface area contributed by atoms with Gasteiger partial charge >= 0.3 is 0 Å². The van der Waals surface area contributed by atoms with Crippen LogP contribution in [0.4, 0.5) is 5.82 Å². The number of halogens is 1. The Morgan fingerprint density at radius 1 is 1.05 bits per heavy atom. The summed E-state index contributed by atoms with van der Waals surface area (Å²) in [6.45, 7) is 10.2. The Hall–Kier alpha value is -2.03. The van der Waals surface area contributed by atoms with E-state index in [0.29, 0.717) is 68.6 Å². The van der Waals surface area contributed by atoms with E-state index in [4.69, 9.17) is 16.6 Å². The second-order valence-corrected chi connectivity index (χ2v) is 14.0. The monoisotopic (exact) mass is 544 g/mol. The van der Waals surface area contributed by atoms with Crippen molar-refractivity contribution in [2.75, 3.05) is 36.8 Å². The van der Waals surface area contributed by atoms with Crippen LogP contribution >= 0.6 is 11.6 Å². The van der Waals surface area contributed by atoms with Crippen LogP contribution in [0.25, 0.3) is 0 Å². The molecule has 7 nitrogen and oxygen atoms in total. The fourth-order valence-corrected chi connectivity index (χ4v) is 9.26. The molecule has 1 aliphatic heterocycles. The van der Waals surface area contributed by atoms with E-state index in [2.05, 4.69) is 23.7 Å². The van der Waals surface area contributed by atoms with Crippen LogP contribution in [0, 0.1) is 30.6 Å². The Labute approximate surface area is 225 Å². The number of benzene rings is 1. The Kier molecular flexibility index (Phi) is 6.91. The lowest BCUT2D eigenvalue weighted by Gasteiger charge is -2.37. The molecule has 0 amide bonds. The molecular formula is C28H37ClN4O3S. The number of carbonyl (C=O) groups is 1. The smallest absolute Gasteiger partial charge is 0.215 e. The van der Waals surface area contributed by atoms with Gasteiger partial charge in [0.1, 0.15) is 17.4 Å². The number of rotatable bonds is 6. The molecule has 37 heavy (non-hydrogen) atoms. The third-order valence-corrected chi connectivity index (χ3v) is 11.6. The zero-order chi connectivity index (χ0) is 26.6. The molecule has 3 aliphatic rings. The van der Waals surface area contributed by atoms with Gasteiger partial charge in [0.15, 0.2) is 0 Å². The van der Waals surface area contributed by atoms with Gasteiger partial charge in [0.05, 0.1) is 5.75 Å². The highest BCUT2D eigenvalue weighted by Crippen LogP contribution is 2.64. The molecule has 9 heteroatoms. The lowest BCUT2D eigenvalue weighted by molar-refractivity contribution is -0.128. The molecule has 2 aliphatic carbocycles. The van der Waals surface area contributed by atoms with Crippen LogP contribution in [-0.4, -0.2) is 60.4 Å². The summed E-state index contributed by atoms with van der Waals surface area (Å²) in [5.74, 6) is 1.97. The summed E-state index contributed by atoms with van der Waals surface area (Å²) in [4.78, 5) is 24.6. The number of anilines is 1. The largest absolute Gasteiger partial charge is 0.355 e. The fraction of sp³-hybridized carbons (Fsp3) is 0.607. The number of aromatic nitrogens is 2. The van der Waals surface area contributed by atoms with E-state index in [1.54, 1.807) is 4.31 Å². The molecule has 2 aromatic rings. The van der Waals surface area contributed by atoms with Gasteiger partial charge in [-0.15, -0.1) is 0 Å². The van der Waals surface area contributed by atoms with Crippen molar-refractivity contribution in [1.29, 1.82) is 0 Å². The highest BCUT2D eigenvalue weighted by molar-refractivity contribution is 7.89. The predicted octanol–water partition coefficient (Wildman–Crippen LogP) is 4.57. The highest BCUT2D eigenvalue weighted by Gasteiger charge is 2.65. The Balaban J connectivity index is 1.36. The molecule has 5 rings (SSSR count). The molecule has 2 bridgehead atoms. The number of aryl methyl sites for hydroxylation is 2. The molecule has 0 N–H and O–H groups in total. The van der Waals surface area contributed by atoms with Gasteiger partial charge in [0, 0.05) is 60.7 Å². The molecular weight excluding hydrogens is 508 g/mol. The van der Waals surface area contributed by atoms with Crippen molar-refractivity contribution in [3.05, 3.63) is 51.9 Å². The maximum Gasteiger partial charge on any atom is 0.215 e. The third kappa shape index (κ3) is 4.70. The molecule has 1 aromatic heterocycles. The molecule has 1 aromatic carbocycles. The van der Waals surface area contributed by atoms with Crippen LogP contribution in [0.3, 0.4) is 0 Å². The number of ketones is 1. The number of sulfonamides is 1. The molecule has 0 radical (unpaired) electrons. The average molecular weight is 545 g/mol. The Morgan fingerprint density at radius 3 is 2.43 bits per heavy atom. The summed E-state index contributed by atoms with van der Waals surface area (Å²) in [7, 11) is -3.58. The van der Waals surface area contributed by atoms with Crippen LogP contribution in [-0.2, 0) is 21.2 Å². The van der Waals surface area contributed by atoms with Gasteiger partial charge in [-0.1, -0.05) is 37.6 Å². The summed E-state index contributed by atoms with van der Waals surface area (Å²) < 4.78 is 29.1. The van der Waals surface area contributed by atoms with E-state index in [1.807, 2.05) is 38.1 Å². The standard InChI is InChI=1S/C28H37ClN4O3S/c1-19-24(16-21-6-8-23(29)9-7-21)26(31-20(2)30-19)32-12-5-13-33(15-14-32)37(35,36)18-28-11-10-22(17-25(28)34)27(28,3)4/h6-9,22H,5,10-18H2,1-4H3. The van der Waals surface area contributed by atoms with Gasteiger partial charge in [0.25, 0.3) is 0 Å². The van der Waals surface area contributed by atoms with Crippen LogP contribution in [0.1, 0.15) is 62.2 Å². The summed E-state index contributed by atoms with van der Waals surface area (Å²) in [6, 6.07) is 7.80. The molecule has 0 spiro atoms. The lowest BCUT2D eigenvalue weighted by atomic mass is 9.70. The molecule has 2 saturated carbocycles. The maximum absolute atomic E-state index is 13.7. The summed E-state index contributed by atoms with van der Waals surface area (Å²) in [5, 5.41) is 0.699. The zero-order valence-corrected chi connectivity index (χ0v) is 23.8. The van der Waals surface area contributed by atoms with Crippen molar-refractivity contribution in [1.82, 2.24) is 14.3 Å². The lowest BCUT2D eigenvalue weighted by Crippen LogP contribution is -2.47. The predicted molar refractivity (Wildman–Crippen MR) is 147 cm³/mol. The molecule has 2 atom stereocenters. The van der Waals surface area contributed by atoms with E-state index in [-0.39, 0.29) is 17.0 Å². The van der Waals surface area contributed by atoms with Crippen LogP contribution < -0.4 is 4.90 Å². The van der Waals surface area contributed by atoms with E-state index >= 15 is 0 Å². The first kappa shape index (κ1) is 26.6. The van der Waals surface area contributed by atoms with Crippen molar-refractivity contribution >= 4 is 33.2 Å². The average Bonchev–Trinajstić information content (AvgIpc) is 3.05. The fourth-order valence-electron chi connectivity index (χ4n) is 6.89. The van der Waals surface area contributed by atoms with Crippen molar-refractivity contribution < 1.29 is 13.2 Å². The van der Waals surface area contributed by atoms with Gasteiger partial charge in [-0.25, -0.2) is 22.7 Å². The van der Waals surface area contributed by atoms with Crippen molar-refractivity contribution in [2.24, 2.45) is 16.7 Å². The summed E-state index contributed by atoms with van der Waals surface area (Å²) in [5.41, 5.74) is 2.11. The third-order valence-electron chi connectivity index (χ3n) is 9.31. The number of hydrogen-bond donors (Lipinski definition) is 0. The second-order valence-electron chi connectivity index (χ2n) is 11.6. The number of nitrogens with zero attached hydrogens (tertiary/aromatic N) is 4. The first-order valence-electron chi connectivity index (χ1n) is 13.3. The van der Waals surface area contributed by atoms with Crippen LogP contribution in [0.5, 0.6) is 0 Å². The van der Waals surface area contributed by atoms with E-state index in [9.17, 15) is 13.2 Å². The van der Waals surface area contributed by atoms with Crippen LogP contribution in [0.2, 0.25) is 5.02 Å². The SMILES string of the molecule is Cc1nc(C)c(Cc2ccc(Cl)cc2)c(N2CCCN(S(=O)(=O)CC34CCC(CC3=O)C4(C)C)CC2)n1. The quantitative estimate of drug-likeness (QED) is 0.529. The molecule has 1 saturated heterocycles. The first-order valence-corrected chi connectivity index (χ1v) is 15.3. The molecule has 3 fully saturated rings. The molecule has 2 heterocycles. The highest BCUT2D eigenvalue weighted by atomic mass is 35.5. The number of fused-ring (bicyclic) bond motifs is 2. The Bertz CT molecular complexity index is 1310. The van der Waals surface area contributed by atoms with E-state index in [1.165, 1.54) is 0 Å². The summed E-state index contributed by atoms with van der Waals surface area (Å²) >= 11 is 6.08.